The van der Waals surface area contributed by atoms with Crippen LogP contribution in [0.2, 0.25) is 0 Å². The summed E-state index contributed by atoms with van der Waals surface area (Å²) in [6, 6.07) is 10.6. The molecular weight excluding hydrogens is 246 g/mol. The molecule has 0 N–H and O–H groups in total. The molecule has 1 aliphatic heterocycles. The van der Waals surface area contributed by atoms with Crippen molar-refractivity contribution in [2.45, 2.75) is 25.7 Å². The Bertz CT molecular complexity index is 371. The second kappa shape index (κ2) is 6.79. The zero-order chi connectivity index (χ0) is 12.8. The molecular formula is C15H20ClNO. The van der Waals surface area contributed by atoms with Crippen LogP contribution in [-0.4, -0.2) is 29.8 Å². The molecule has 0 unspecified atom stereocenters. The van der Waals surface area contributed by atoms with Gasteiger partial charge in [0.25, 0.3) is 0 Å². The Hall–Kier alpha value is -1.02. The summed E-state index contributed by atoms with van der Waals surface area (Å²) in [6.45, 7) is 1.79. The minimum absolute atomic E-state index is 0.211. The van der Waals surface area contributed by atoms with Crippen LogP contribution in [0.4, 0.5) is 0 Å². The van der Waals surface area contributed by atoms with Gasteiger partial charge in [-0.1, -0.05) is 30.3 Å². The largest absolute Gasteiger partial charge is 0.343 e. The van der Waals surface area contributed by atoms with E-state index in [-0.39, 0.29) is 5.91 Å². The highest BCUT2D eigenvalue weighted by Crippen LogP contribution is 2.22. The van der Waals surface area contributed by atoms with Crippen molar-refractivity contribution in [1.82, 2.24) is 4.90 Å². The minimum atomic E-state index is 0.211. The summed E-state index contributed by atoms with van der Waals surface area (Å²) < 4.78 is 0. The van der Waals surface area contributed by atoms with Gasteiger partial charge in [-0.25, -0.2) is 0 Å². The molecule has 2 nitrogen and oxygen atoms in total. The molecule has 0 spiro atoms. The van der Waals surface area contributed by atoms with Crippen molar-refractivity contribution in [3.63, 3.8) is 0 Å². The van der Waals surface area contributed by atoms with Gasteiger partial charge in [-0.15, -0.1) is 11.6 Å². The molecule has 1 aliphatic rings. The number of rotatable bonds is 4. The summed E-state index contributed by atoms with van der Waals surface area (Å²) in [6.07, 6.45) is 3.84. The number of hydrogen-bond acceptors (Lipinski definition) is 1. The van der Waals surface area contributed by atoms with E-state index in [0.717, 1.165) is 32.4 Å². The molecule has 0 atom stereocenters. The number of carbonyl (C=O) groups is 1. The molecule has 1 aromatic rings. The fraction of sp³-hybridized carbons (Fsp3) is 0.533. The summed E-state index contributed by atoms with van der Waals surface area (Å²) in [4.78, 5) is 13.7. The van der Waals surface area contributed by atoms with Crippen LogP contribution in [0.25, 0.3) is 0 Å². The van der Waals surface area contributed by atoms with Gasteiger partial charge in [-0.05, 0) is 30.7 Å². The highest BCUT2D eigenvalue weighted by molar-refractivity contribution is 6.18. The summed E-state index contributed by atoms with van der Waals surface area (Å²) in [5.41, 5.74) is 1.41. The summed E-state index contributed by atoms with van der Waals surface area (Å²) in [5.74, 6) is 1.36. The molecule has 0 saturated carbocycles. The quantitative estimate of drug-likeness (QED) is 0.766. The maximum atomic E-state index is 11.7. The van der Waals surface area contributed by atoms with Crippen molar-refractivity contribution >= 4 is 17.5 Å². The molecule has 0 radical (unpaired) electrons. The van der Waals surface area contributed by atoms with Crippen molar-refractivity contribution < 1.29 is 4.79 Å². The highest BCUT2D eigenvalue weighted by atomic mass is 35.5. The van der Waals surface area contributed by atoms with E-state index in [9.17, 15) is 4.79 Å². The SMILES string of the molecule is O=C(CCCl)N1CCC(Cc2ccccc2)CC1. The number of amides is 1. The van der Waals surface area contributed by atoms with Gasteiger partial charge >= 0.3 is 0 Å². The molecule has 0 bridgehead atoms. The minimum Gasteiger partial charge on any atom is -0.343 e. The van der Waals surface area contributed by atoms with Gasteiger partial charge in [0.2, 0.25) is 5.91 Å². The van der Waals surface area contributed by atoms with E-state index in [0.29, 0.717) is 18.2 Å². The zero-order valence-electron chi connectivity index (χ0n) is 10.6. The van der Waals surface area contributed by atoms with E-state index in [4.69, 9.17) is 11.6 Å². The van der Waals surface area contributed by atoms with E-state index in [1.165, 1.54) is 5.56 Å². The second-order valence-electron chi connectivity index (χ2n) is 4.95. The lowest BCUT2D eigenvalue weighted by Gasteiger charge is -2.32. The van der Waals surface area contributed by atoms with Crippen LogP contribution in [0, 0.1) is 5.92 Å². The third kappa shape index (κ3) is 3.74. The van der Waals surface area contributed by atoms with Gasteiger partial charge in [0.15, 0.2) is 0 Å². The van der Waals surface area contributed by atoms with Gasteiger partial charge in [0, 0.05) is 25.4 Å². The van der Waals surface area contributed by atoms with Gasteiger partial charge in [0.1, 0.15) is 0 Å². The number of likely N-dealkylation sites (tertiary alicyclic amines) is 1. The standard InChI is InChI=1S/C15H20ClNO/c16-9-6-15(18)17-10-7-14(8-11-17)12-13-4-2-1-3-5-13/h1-5,14H,6-12H2. The first kappa shape index (κ1) is 13.4. The van der Waals surface area contributed by atoms with Gasteiger partial charge in [0.05, 0.1) is 0 Å². The van der Waals surface area contributed by atoms with Crippen molar-refractivity contribution in [1.29, 1.82) is 0 Å². The number of alkyl halides is 1. The first-order valence-corrected chi connectivity index (χ1v) is 7.20. The lowest BCUT2D eigenvalue weighted by molar-refractivity contribution is -0.132. The Labute approximate surface area is 114 Å². The number of benzene rings is 1. The number of piperidine rings is 1. The molecule has 1 aromatic carbocycles. The van der Waals surface area contributed by atoms with Crippen LogP contribution >= 0.6 is 11.6 Å². The number of nitrogens with zero attached hydrogens (tertiary/aromatic N) is 1. The zero-order valence-corrected chi connectivity index (χ0v) is 11.4. The first-order chi connectivity index (χ1) is 8.79. The monoisotopic (exact) mass is 265 g/mol. The second-order valence-corrected chi connectivity index (χ2v) is 5.33. The van der Waals surface area contributed by atoms with E-state index >= 15 is 0 Å². The lowest BCUT2D eigenvalue weighted by atomic mass is 9.90. The van der Waals surface area contributed by atoms with Gasteiger partial charge in [-0.3, -0.25) is 4.79 Å². The number of halogens is 1. The Morgan fingerprint density at radius 3 is 2.50 bits per heavy atom. The molecule has 1 amide bonds. The summed E-state index contributed by atoms with van der Waals surface area (Å²) in [5, 5.41) is 0. The van der Waals surface area contributed by atoms with E-state index in [1.807, 2.05) is 4.90 Å². The molecule has 98 valence electrons. The van der Waals surface area contributed by atoms with Crippen LogP contribution in [0.5, 0.6) is 0 Å². The predicted molar refractivity (Wildman–Crippen MR) is 74.8 cm³/mol. The average Bonchev–Trinajstić information content (AvgIpc) is 2.41. The number of hydrogen-bond donors (Lipinski definition) is 0. The van der Waals surface area contributed by atoms with E-state index < -0.39 is 0 Å². The predicted octanol–water partition coefficient (Wildman–Crippen LogP) is 3.10. The maximum absolute atomic E-state index is 11.7. The normalized spacial score (nSPS) is 16.8. The van der Waals surface area contributed by atoms with E-state index in [2.05, 4.69) is 30.3 Å². The van der Waals surface area contributed by atoms with Crippen molar-refractivity contribution in [3.8, 4) is 0 Å². The van der Waals surface area contributed by atoms with Crippen LogP contribution in [-0.2, 0) is 11.2 Å². The molecule has 3 heteroatoms. The lowest BCUT2D eigenvalue weighted by Crippen LogP contribution is -2.38. The third-order valence-corrected chi connectivity index (χ3v) is 3.83. The Morgan fingerprint density at radius 2 is 1.89 bits per heavy atom. The fourth-order valence-corrected chi connectivity index (χ4v) is 2.73. The highest BCUT2D eigenvalue weighted by Gasteiger charge is 2.22. The molecule has 1 fully saturated rings. The van der Waals surface area contributed by atoms with Crippen LogP contribution in [0.1, 0.15) is 24.8 Å². The maximum Gasteiger partial charge on any atom is 0.223 e. The van der Waals surface area contributed by atoms with Gasteiger partial charge in [-0.2, -0.15) is 0 Å². The Morgan fingerprint density at radius 1 is 1.22 bits per heavy atom. The first-order valence-electron chi connectivity index (χ1n) is 6.67. The number of carbonyl (C=O) groups excluding carboxylic acids is 1. The molecule has 2 rings (SSSR count). The van der Waals surface area contributed by atoms with Crippen molar-refractivity contribution in [2.24, 2.45) is 5.92 Å². The topological polar surface area (TPSA) is 20.3 Å². The molecule has 1 saturated heterocycles. The smallest absolute Gasteiger partial charge is 0.223 e. The summed E-state index contributed by atoms with van der Waals surface area (Å²) in [7, 11) is 0. The van der Waals surface area contributed by atoms with Crippen LogP contribution < -0.4 is 0 Å². The molecule has 1 heterocycles. The van der Waals surface area contributed by atoms with E-state index in [1.54, 1.807) is 0 Å². The average molecular weight is 266 g/mol. The van der Waals surface area contributed by atoms with Gasteiger partial charge < -0.3 is 4.90 Å². The van der Waals surface area contributed by atoms with Crippen molar-refractivity contribution in [2.75, 3.05) is 19.0 Å². The molecule has 18 heavy (non-hydrogen) atoms. The molecule has 0 aromatic heterocycles. The third-order valence-electron chi connectivity index (χ3n) is 3.64. The van der Waals surface area contributed by atoms with Crippen LogP contribution in [0.15, 0.2) is 30.3 Å². The Kier molecular flexibility index (Phi) is 5.06. The fourth-order valence-electron chi connectivity index (χ4n) is 2.57. The van der Waals surface area contributed by atoms with Crippen molar-refractivity contribution in [3.05, 3.63) is 35.9 Å². The van der Waals surface area contributed by atoms with Crippen LogP contribution in [0.3, 0.4) is 0 Å². The summed E-state index contributed by atoms with van der Waals surface area (Å²) >= 11 is 5.60. The molecule has 0 aliphatic carbocycles. The Balaban J connectivity index is 1.78.